The van der Waals surface area contributed by atoms with E-state index in [9.17, 15) is 4.79 Å². The average molecular weight is 319 g/mol. The highest BCUT2D eigenvalue weighted by Crippen LogP contribution is 2.16. The third kappa shape index (κ3) is 6.07. The summed E-state index contributed by atoms with van der Waals surface area (Å²) in [5.41, 5.74) is 0.391. The van der Waals surface area contributed by atoms with Crippen LogP contribution in [0.3, 0.4) is 0 Å². The van der Waals surface area contributed by atoms with Crippen LogP contribution in [0, 0.1) is 11.8 Å². The van der Waals surface area contributed by atoms with E-state index in [4.69, 9.17) is 28.3 Å². The molecule has 20 heavy (non-hydrogen) atoms. The Morgan fingerprint density at radius 2 is 1.95 bits per heavy atom. The van der Waals surface area contributed by atoms with E-state index in [1.165, 1.54) is 12.1 Å². The maximum Gasteiger partial charge on any atom is 0.251 e. The van der Waals surface area contributed by atoms with Gasteiger partial charge in [-0.25, -0.2) is 4.98 Å². The van der Waals surface area contributed by atoms with Gasteiger partial charge < -0.3 is 10.4 Å². The molecule has 1 rings (SSSR count). The zero-order chi connectivity index (χ0) is 15.1. The quantitative estimate of drug-likeness (QED) is 0.759. The van der Waals surface area contributed by atoms with E-state index in [1.54, 1.807) is 0 Å². The van der Waals surface area contributed by atoms with Gasteiger partial charge in [-0.15, -0.1) is 0 Å². The molecular weight excluding hydrogens is 299 g/mol. The topological polar surface area (TPSA) is 62.2 Å². The van der Waals surface area contributed by atoms with Gasteiger partial charge in [0.15, 0.2) is 0 Å². The van der Waals surface area contributed by atoms with Crippen molar-refractivity contribution in [2.45, 2.75) is 26.7 Å². The number of halogens is 2. The molecule has 0 aliphatic rings. The van der Waals surface area contributed by atoms with Gasteiger partial charge in [0.2, 0.25) is 0 Å². The van der Waals surface area contributed by atoms with Crippen LogP contribution in [0.25, 0.3) is 0 Å². The number of carbonyl (C=O) groups excluding carboxylic acids is 1. The van der Waals surface area contributed by atoms with E-state index in [0.717, 1.165) is 6.42 Å². The molecule has 1 heterocycles. The molecule has 0 saturated carbocycles. The van der Waals surface area contributed by atoms with E-state index < -0.39 is 0 Å². The number of hydrogen-bond donors (Lipinski definition) is 2. The summed E-state index contributed by atoms with van der Waals surface area (Å²) in [6.07, 6.45) is 1.63. The lowest BCUT2D eigenvalue weighted by molar-refractivity contribution is 0.0941. The highest BCUT2D eigenvalue weighted by Gasteiger charge is 2.14. The molecule has 4 nitrogen and oxygen atoms in total. The lowest BCUT2D eigenvalue weighted by Crippen LogP contribution is -2.30. The molecule has 1 unspecified atom stereocenters. The van der Waals surface area contributed by atoms with Crippen molar-refractivity contribution in [1.29, 1.82) is 0 Å². The SMILES string of the molecule is CC(C)CC(CCO)CNC(=O)c1cc(Cl)nc(Cl)c1. The summed E-state index contributed by atoms with van der Waals surface area (Å²) in [6, 6.07) is 2.96. The Hall–Kier alpha value is -0.840. The van der Waals surface area contributed by atoms with Crippen LogP contribution in [0.15, 0.2) is 12.1 Å². The zero-order valence-electron chi connectivity index (χ0n) is 11.7. The largest absolute Gasteiger partial charge is 0.396 e. The van der Waals surface area contributed by atoms with E-state index in [1.807, 2.05) is 0 Å². The number of amides is 1. The first-order chi connectivity index (χ1) is 9.42. The highest BCUT2D eigenvalue weighted by molar-refractivity contribution is 6.33. The van der Waals surface area contributed by atoms with Crippen LogP contribution in [0.1, 0.15) is 37.0 Å². The van der Waals surface area contributed by atoms with Gasteiger partial charge in [-0.3, -0.25) is 4.79 Å². The Balaban J connectivity index is 2.60. The van der Waals surface area contributed by atoms with Crippen LogP contribution in [-0.4, -0.2) is 29.1 Å². The zero-order valence-corrected chi connectivity index (χ0v) is 13.2. The maximum absolute atomic E-state index is 12.0. The fourth-order valence-corrected chi connectivity index (χ4v) is 2.55. The standard InChI is InChI=1S/C14H20Cl2N2O2/c1-9(2)5-10(3-4-19)8-17-14(20)11-6-12(15)18-13(16)7-11/h6-7,9-10,19H,3-5,8H2,1-2H3,(H,17,20). The van der Waals surface area contributed by atoms with Crippen molar-refractivity contribution < 1.29 is 9.90 Å². The van der Waals surface area contributed by atoms with Crippen LogP contribution < -0.4 is 5.32 Å². The lowest BCUT2D eigenvalue weighted by atomic mass is 9.94. The minimum atomic E-state index is -0.233. The van der Waals surface area contributed by atoms with Crippen LogP contribution in [-0.2, 0) is 0 Å². The lowest BCUT2D eigenvalue weighted by Gasteiger charge is -2.18. The van der Waals surface area contributed by atoms with Gasteiger partial charge in [-0.05, 0) is 36.8 Å². The normalized spacial score (nSPS) is 12.5. The Bertz CT molecular complexity index is 433. The number of pyridine rings is 1. The number of hydrogen-bond acceptors (Lipinski definition) is 3. The first-order valence-corrected chi connectivity index (χ1v) is 7.40. The fraction of sp³-hybridized carbons (Fsp3) is 0.571. The molecule has 0 aliphatic carbocycles. The summed E-state index contributed by atoms with van der Waals surface area (Å²) >= 11 is 11.5. The molecule has 1 aromatic rings. The van der Waals surface area contributed by atoms with E-state index in [0.29, 0.717) is 24.4 Å². The molecule has 0 fully saturated rings. The molecule has 0 bridgehead atoms. The number of nitrogens with zero attached hydrogens (tertiary/aromatic N) is 1. The van der Waals surface area contributed by atoms with E-state index in [2.05, 4.69) is 24.1 Å². The summed E-state index contributed by atoms with van der Waals surface area (Å²) < 4.78 is 0. The molecule has 0 radical (unpaired) electrons. The molecule has 0 aromatic carbocycles. The number of nitrogens with one attached hydrogen (secondary N) is 1. The van der Waals surface area contributed by atoms with Gasteiger partial charge in [0.05, 0.1) is 0 Å². The van der Waals surface area contributed by atoms with Crippen molar-refractivity contribution in [3.8, 4) is 0 Å². The summed E-state index contributed by atoms with van der Waals surface area (Å²) in [4.78, 5) is 15.8. The van der Waals surface area contributed by atoms with Gasteiger partial charge in [-0.2, -0.15) is 0 Å². The summed E-state index contributed by atoms with van der Waals surface area (Å²) in [5.74, 6) is 0.549. The minimum absolute atomic E-state index is 0.125. The Morgan fingerprint density at radius 3 is 2.45 bits per heavy atom. The second kappa shape index (κ2) is 8.45. The van der Waals surface area contributed by atoms with Crippen molar-refractivity contribution in [1.82, 2.24) is 10.3 Å². The number of aromatic nitrogens is 1. The third-order valence-corrected chi connectivity index (χ3v) is 3.31. The first kappa shape index (κ1) is 17.2. The van der Waals surface area contributed by atoms with Gasteiger partial charge in [0.1, 0.15) is 10.3 Å². The van der Waals surface area contributed by atoms with Crippen molar-refractivity contribution in [2.75, 3.05) is 13.2 Å². The van der Waals surface area contributed by atoms with E-state index >= 15 is 0 Å². The summed E-state index contributed by atoms with van der Waals surface area (Å²) in [5, 5.41) is 12.3. The van der Waals surface area contributed by atoms with E-state index in [-0.39, 0.29) is 28.7 Å². The maximum atomic E-state index is 12.0. The molecule has 1 amide bonds. The molecule has 0 spiro atoms. The van der Waals surface area contributed by atoms with Crippen LogP contribution in [0.4, 0.5) is 0 Å². The fourth-order valence-electron chi connectivity index (χ4n) is 2.09. The van der Waals surface area contributed by atoms with Crippen LogP contribution in [0.5, 0.6) is 0 Å². The van der Waals surface area contributed by atoms with Gasteiger partial charge in [-0.1, -0.05) is 37.0 Å². The number of aliphatic hydroxyl groups is 1. The van der Waals surface area contributed by atoms with Crippen molar-refractivity contribution in [3.63, 3.8) is 0 Å². The predicted octanol–water partition coefficient (Wildman–Crippen LogP) is 3.16. The molecular formula is C14H20Cl2N2O2. The third-order valence-electron chi connectivity index (χ3n) is 2.92. The second-order valence-corrected chi connectivity index (χ2v) is 5.99. The van der Waals surface area contributed by atoms with Crippen molar-refractivity contribution in [3.05, 3.63) is 28.0 Å². The minimum Gasteiger partial charge on any atom is -0.396 e. The molecule has 112 valence electrons. The molecule has 1 aromatic heterocycles. The molecule has 0 aliphatic heterocycles. The van der Waals surface area contributed by atoms with Gasteiger partial charge >= 0.3 is 0 Å². The molecule has 6 heteroatoms. The smallest absolute Gasteiger partial charge is 0.251 e. The van der Waals surface area contributed by atoms with Crippen LogP contribution >= 0.6 is 23.2 Å². The van der Waals surface area contributed by atoms with Crippen molar-refractivity contribution >= 4 is 29.1 Å². The highest BCUT2D eigenvalue weighted by atomic mass is 35.5. The molecule has 1 atom stereocenters. The Kier molecular flexibility index (Phi) is 7.27. The van der Waals surface area contributed by atoms with Gasteiger partial charge in [0, 0.05) is 18.7 Å². The molecule has 0 saturated heterocycles. The monoisotopic (exact) mass is 318 g/mol. The number of aliphatic hydroxyl groups excluding tert-OH is 1. The number of carbonyl (C=O) groups is 1. The van der Waals surface area contributed by atoms with Crippen molar-refractivity contribution in [2.24, 2.45) is 11.8 Å². The average Bonchev–Trinajstić information content (AvgIpc) is 2.34. The number of rotatable bonds is 7. The first-order valence-electron chi connectivity index (χ1n) is 6.64. The summed E-state index contributed by atoms with van der Waals surface area (Å²) in [7, 11) is 0. The molecule has 2 N–H and O–H groups in total. The second-order valence-electron chi connectivity index (χ2n) is 5.22. The Morgan fingerprint density at radius 1 is 1.35 bits per heavy atom. The van der Waals surface area contributed by atoms with Crippen LogP contribution in [0.2, 0.25) is 10.3 Å². The summed E-state index contributed by atoms with van der Waals surface area (Å²) in [6.45, 7) is 4.89. The van der Waals surface area contributed by atoms with Gasteiger partial charge in [0.25, 0.3) is 5.91 Å². The Labute approximate surface area is 129 Å². The predicted molar refractivity (Wildman–Crippen MR) is 81.2 cm³/mol.